The minimum Gasteiger partial charge on any atom is -0.352 e. The van der Waals surface area contributed by atoms with Crippen LogP contribution in [0.15, 0.2) is 12.7 Å². The second kappa shape index (κ2) is 7.56. The molecule has 0 bridgehead atoms. The number of amides is 1. The zero-order valence-corrected chi connectivity index (χ0v) is 9.47. The molecule has 0 aliphatic heterocycles. The van der Waals surface area contributed by atoms with Gasteiger partial charge in [0.25, 0.3) is 0 Å². The second-order valence-corrected chi connectivity index (χ2v) is 3.49. The monoisotopic (exact) mass is 198 g/mol. The van der Waals surface area contributed by atoms with Crippen LogP contribution in [0.2, 0.25) is 0 Å². The van der Waals surface area contributed by atoms with Gasteiger partial charge in [0.2, 0.25) is 5.91 Å². The molecule has 82 valence electrons. The van der Waals surface area contributed by atoms with E-state index < -0.39 is 0 Å². The molecule has 1 amide bonds. The van der Waals surface area contributed by atoms with Crippen molar-refractivity contribution in [2.75, 3.05) is 6.54 Å². The Morgan fingerprint density at radius 1 is 1.43 bits per heavy atom. The van der Waals surface area contributed by atoms with E-state index in [2.05, 4.69) is 31.1 Å². The summed E-state index contributed by atoms with van der Waals surface area (Å²) in [6.07, 6.45) is 3.75. The van der Waals surface area contributed by atoms with E-state index in [9.17, 15) is 4.79 Å². The summed E-state index contributed by atoms with van der Waals surface area (Å²) in [5.41, 5.74) is 0. The zero-order valence-electron chi connectivity index (χ0n) is 9.47. The molecule has 0 aliphatic carbocycles. The van der Waals surface area contributed by atoms with Crippen LogP contribution in [0.1, 0.15) is 33.6 Å². The topological polar surface area (TPSA) is 41.1 Å². The number of carbonyl (C=O) groups excluding carboxylic acids is 1. The van der Waals surface area contributed by atoms with Crippen LogP contribution in [0.3, 0.4) is 0 Å². The third-order valence-corrected chi connectivity index (χ3v) is 2.29. The van der Waals surface area contributed by atoms with Crippen molar-refractivity contribution in [3.8, 4) is 0 Å². The minimum atomic E-state index is 0.0624. The quantitative estimate of drug-likeness (QED) is 0.608. The molecule has 1 unspecified atom stereocenters. The molecule has 0 radical (unpaired) electrons. The van der Waals surface area contributed by atoms with Gasteiger partial charge < -0.3 is 10.6 Å². The minimum absolute atomic E-state index is 0.0624. The fraction of sp³-hybridized carbons (Fsp3) is 0.727. The Balaban J connectivity index is 3.69. The molecular weight excluding hydrogens is 176 g/mol. The van der Waals surface area contributed by atoms with Crippen LogP contribution in [0.4, 0.5) is 0 Å². The Kier molecular flexibility index (Phi) is 7.11. The van der Waals surface area contributed by atoms with Crippen LogP contribution in [-0.4, -0.2) is 24.5 Å². The fourth-order valence-corrected chi connectivity index (χ4v) is 1.11. The molecule has 0 rings (SSSR count). The van der Waals surface area contributed by atoms with Gasteiger partial charge in [0.1, 0.15) is 0 Å². The lowest BCUT2D eigenvalue weighted by Crippen LogP contribution is -2.41. The van der Waals surface area contributed by atoms with Crippen molar-refractivity contribution >= 4 is 5.91 Å². The van der Waals surface area contributed by atoms with Crippen LogP contribution in [0.25, 0.3) is 0 Å². The second-order valence-electron chi connectivity index (χ2n) is 3.49. The molecule has 0 aliphatic rings. The van der Waals surface area contributed by atoms with Crippen molar-refractivity contribution in [2.24, 2.45) is 0 Å². The fourth-order valence-electron chi connectivity index (χ4n) is 1.11. The highest BCUT2D eigenvalue weighted by atomic mass is 16.1. The number of hydrogen-bond acceptors (Lipinski definition) is 2. The normalized spacial score (nSPS) is 12.6. The molecule has 0 spiro atoms. The first-order valence-corrected chi connectivity index (χ1v) is 5.29. The van der Waals surface area contributed by atoms with Crippen molar-refractivity contribution in [1.82, 2.24) is 10.6 Å². The van der Waals surface area contributed by atoms with Gasteiger partial charge in [-0.15, -0.1) is 6.58 Å². The average molecular weight is 198 g/mol. The van der Waals surface area contributed by atoms with Crippen molar-refractivity contribution < 1.29 is 4.79 Å². The van der Waals surface area contributed by atoms with Crippen molar-refractivity contribution in [3.05, 3.63) is 12.7 Å². The highest BCUT2D eigenvalue weighted by Crippen LogP contribution is 1.95. The van der Waals surface area contributed by atoms with Gasteiger partial charge >= 0.3 is 0 Å². The summed E-state index contributed by atoms with van der Waals surface area (Å²) in [5, 5.41) is 6.02. The lowest BCUT2D eigenvalue weighted by Gasteiger charge is -2.15. The van der Waals surface area contributed by atoms with E-state index in [0.717, 1.165) is 12.8 Å². The Labute approximate surface area is 87.0 Å². The molecule has 2 N–H and O–H groups in total. The van der Waals surface area contributed by atoms with Gasteiger partial charge in [0.15, 0.2) is 0 Å². The van der Waals surface area contributed by atoms with E-state index in [1.807, 2.05) is 6.92 Å². The SMILES string of the molecule is C=CC(C)NCC(=O)NC(CC)CC. The summed E-state index contributed by atoms with van der Waals surface area (Å²) < 4.78 is 0. The Bertz CT molecular complexity index is 176. The van der Waals surface area contributed by atoms with Crippen LogP contribution in [0, 0.1) is 0 Å². The van der Waals surface area contributed by atoms with Gasteiger partial charge in [-0.3, -0.25) is 4.79 Å². The van der Waals surface area contributed by atoms with E-state index in [4.69, 9.17) is 0 Å². The molecule has 0 aromatic rings. The first-order chi connectivity index (χ1) is 6.63. The number of nitrogens with one attached hydrogen (secondary N) is 2. The average Bonchev–Trinajstić information content (AvgIpc) is 2.22. The number of hydrogen-bond donors (Lipinski definition) is 2. The molecule has 3 nitrogen and oxygen atoms in total. The van der Waals surface area contributed by atoms with Gasteiger partial charge in [-0.05, 0) is 19.8 Å². The maximum Gasteiger partial charge on any atom is 0.234 e. The maximum atomic E-state index is 11.4. The summed E-state index contributed by atoms with van der Waals surface area (Å²) >= 11 is 0. The van der Waals surface area contributed by atoms with Crippen molar-refractivity contribution in [3.63, 3.8) is 0 Å². The van der Waals surface area contributed by atoms with Crippen molar-refractivity contribution in [1.29, 1.82) is 0 Å². The van der Waals surface area contributed by atoms with Gasteiger partial charge in [-0.25, -0.2) is 0 Å². The van der Waals surface area contributed by atoms with Crippen LogP contribution >= 0.6 is 0 Å². The molecule has 0 aromatic carbocycles. The molecular formula is C11H22N2O. The summed E-state index contributed by atoms with van der Waals surface area (Å²) in [7, 11) is 0. The standard InChI is InChI=1S/C11H22N2O/c1-5-9(4)12-8-11(14)13-10(6-2)7-3/h5,9-10,12H,1,6-8H2,2-4H3,(H,13,14). The molecule has 0 aromatic heterocycles. The summed E-state index contributed by atoms with van der Waals surface area (Å²) in [4.78, 5) is 11.4. The van der Waals surface area contributed by atoms with E-state index in [-0.39, 0.29) is 11.9 Å². The van der Waals surface area contributed by atoms with Crippen molar-refractivity contribution in [2.45, 2.75) is 45.7 Å². The third-order valence-electron chi connectivity index (χ3n) is 2.29. The van der Waals surface area contributed by atoms with E-state index >= 15 is 0 Å². The summed E-state index contributed by atoms with van der Waals surface area (Å²) in [5.74, 6) is 0.0624. The van der Waals surface area contributed by atoms with Gasteiger partial charge in [0.05, 0.1) is 6.54 Å². The van der Waals surface area contributed by atoms with E-state index in [1.54, 1.807) is 6.08 Å². The number of rotatable bonds is 7. The Morgan fingerprint density at radius 2 is 2.00 bits per heavy atom. The van der Waals surface area contributed by atoms with Gasteiger partial charge in [-0.1, -0.05) is 19.9 Å². The van der Waals surface area contributed by atoms with Gasteiger partial charge in [-0.2, -0.15) is 0 Å². The Hall–Kier alpha value is -0.830. The molecule has 14 heavy (non-hydrogen) atoms. The maximum absolute atomic E-state index is 11.4. The Morgan fingerprint density at radius 3 is 2.43 bits per heavy atom. The first-order valence-electron chi connectivity index (χ1n) is 5.29. The lowest BCUT2D eigenvalue weighted by atomic mass is 10.2. The van der Waals surface area contributed by atoms with Gasteiger partial charge in [0, 0.05) is 12.1 Å². The largest absolute Gasteiger partial charge is 0.352 e. The smallest absolute Gasteiger partial charge is 0.234 e. The molecule has 0 saturated carbocycles. The zero-order chi connectivity index (χ0) is 11.0. The third kappa shape index (κ3) is 5.75. The van der Waals surface area contributed by atoms with Crippen LogP contribution < -0.4 is 10.6 Å². The van der Waals surface area contributed by atoms with Crippen LogP contribution in [0.5, 0.6) is 0 Å². The highest BCUT2D eigenvalue weighted by Gasteiger charge is 2.07. The predicted octanol–water partition coefficient (Wildman–Crippen LogP) is 1.46. The van der Waals surface area contributed by atoms with Crippen LogP contribution in [-0.2, 0) is 4.79 Å². The van der Waals surface area contributed by atoms with E-state index in [1.165, 1.54) is 0 Å². The first kappa shape index (κ1) is 13.2. The molecule has 3 heteroatoms. The highest BCUT2D eigenvalue weighted by molar-refractivity contribution is 5.78. The van der Waals surface area contributed by atoms with E-state index in [0.29, 0.717) is 12.6 Å². The summed E-state index contributed by atoms with van der Waals surface area (Å²) in [6, 6.07) is 0.491. The molecule has 0 heterocycles. The summed E-state index contributed by atoms with van der Waals surface area (Å²) in [6.45, 7) is 10.1. The predicted molar refractivity (Wildman–Crippen MR) is 60.2 cm³/mol. The number of carbonyl (C=O) groups is 1. The molecule has 0 fully saturated rings. The lowest BCUT2D eigenvalue weighted by molar-refractivity contribution is -0.121. The molecule has 0 saturated heterocycles. The molecule has 1 atom stereocenters.